The molecule has 0 spiro atoms. The first-order valence-electron chi connectivity index (χ1n) is 7.58. The van der Waals surface area contributed by atoms with Crippen LogP contribution in [-0.4, -0.2) is 17.2 Å². The van der Waals surface area contributed by atoms with Crippen molar-refractivity contribution in [2.24, 2.45) is 0 Å². The fourth-order valence-corrected chi connectivity index (χ4v) is 1.62. The highest BCUT2D eigenvalue weighted by molar-refractivity contribution is 5.72. The number of furan rings is 1. The molecule has 1 aromatic heterocycles. The highest BCUT2D eigenvalue weighted by Gasteiger charge is 2.19. The molecule has 0 aliphatic carbocycles. The molecule has 4 nitrogen and oxygen atoms in total. The minimum absolute atomic E-state index is 0.163. The summed E-state index contributed by atoms with van der Waals surface area (Å²) >= 11 is 0. The number of hydrogen-bond acceptors (Lipinski definition) is 3. The van der Waals surface area contributed by atoms with Crippen molar-refractivity contribution in [1.82, 2.24) is 0 Å². The number of unbranched alkanes of at least 4 members (excludes halogenated alkanes) is 1. The molecule has 0 aliphatic rings. The summed E-state index contributed by atoms with van der Waals surface area (Å²) < 4.78 is 10.5. The molecule has 120 valence electrons. The first-order chi connectivity index (χ1) is 10.7. The minimum atomic E-state index is -0.967. The maximum absolute atomic E-state index is 11.1. The van der Waals surface area contributed by atoms with E-state index in [1.54, 1.807) is 12.1 Å². The van der Waals surface area contributed by atoms with Crippen LogP contribution in [0.4, 0.5) is 0 Å². The van der Waals surface area contributed by atoms with Crippen molar-refractivity contribution in [3.05, 3.63) is 60.1 Å². The van der Waals surface area contributed by atoms with E-state index in [1.807, 2.05) is 30.3 Å². The van der Waals surface area contributed by atoms with Crippen LogP contribution in [0.3, 0.4) is 0 Å². The van der Waals surface area contributed by atoms with Crippen molar-refractivity contribution in [2.75, 3.05) is 0 Å². The quantitative estimate of drug-likeness (QED) is 0.828. The summed E-state index contributed by atoms with van der Waals surface area (Å²) in [5, 5.41) is 9.11. The molecule has 0 saturated carbocycles. The number of rotatable bonds is 7. The molecular weight excluding hydrogens is 280 g/mol. The van der Waals surface area contributed by atoms with Gasteiger partial charge in [-0.05, 0) is 17.7 Å². The molecule has 1 N–H and O–H groups in total. The van der Waals surface area contributed by atoms with E-state index >= 15 is 0 Å². The molecule has 0 fully saturated rings. The topological polar surface area (TPSA) is 59.7 Å². The fraction of sp³-hybridized carbons (Fsp3) is 0.389. The summed E-state index contributed by atoms with van der Waals surface area (Å²) in [4.78, 5) is 11.1. The van der Waals surface area contributed by atoms with Gasteiger partial charge >= 0.3 is 5.97 Å². The molecule has 0 saturated heterocycles. The van der Waals surface area contributed by atoms with Gasteiger partial charge in [-0.3, -0.25) is 0 Å². The largest absolute Gasteiger partial charge is 0.479 e. The second-order valence-corrected chi connectivity index (χ2v) is 4.91. The van der Waals surface area contributed by atoms with Crippen LogP contribution in [0.25, 0.3) is 0 Å². The lowest BCUT2D eigenvalue weighted by molar-refractivity contribution is -0.151. The Morgan fingerprint density at radius 2 is 1.82 bits per heavy atom. The average Bonchev–Trinajstić information content (AvgIpc) is 3.06. The Morgan fingerprint density at radius 1 is 1.14 bits per heavy atom. The Hall–Kier alpha value is -2.07. The van der Waals surface area contributed by atoms with Gasteiger partial charge in [0, 0.05) is 6.42 Å². The fourth-order valence-electron chi connectivity index (χ4n) is 1.62. The molecule has 4 heteroatoms. The number of carboxylic acid groups (broad SMARTS) is 1. The number of carbonyl (C=O) groups is 1. The van der Waals surface area contributed by atoms with Crippen LogP contribution in [-0.2, 0) is 22.6 Å². The van der Waals surface area contributed by atoms with Gasteiger partial charge in [0.2, 0.25) is 0 Å². The SMILES string of the molecule is CCCC.O=C(O)[C@H](Cc1ccccc1)OCc1ccco1. The van der Waals surface area contributed by atoms with Crippen LogP contribution in [0, 0.1) is 0 Å². The lowest BCUT2D eigenvalue weighted by Gasteiger charge is -2.12. The normalized spacial score (nSPS) is 11.4. The Bertz CT molecular complexity index is 503. The third-order valence-electron chi connectivity index (χ3n) is 3.05. The number of benzene rings is 1. The van der Waals surface area contributed by atoms with Gasteiger partial charge in [0.25, 0.3) is 0 Å². The second-order valence-electron chi connectivity index (χ2n) is 4.91. The molecule has 1 aromatic carbocycles. The zero-order valence-corrected chi connectivity index (χ0v) is 13.2. The van der Waals surface area contributed by atoms with Gasteiger partial charge in [-0.1, -0.05) is 57.0 Å². The Balaban J connectivity index is 0.000000541. The maximum atomic E-state index is 11.1. The first kappa shape index (κ1) is 18.0. The van der Waals surface area contributed by atoms with Gasteiger partial charge in [-0.2, -0.15) is 0 Å². The van der Waals surface area contributed by atoms with E-state index in [-0.39, 0.29) is 6.61 Å². The van der Waals surface area contributed by atoms with Gasteiger partial charge < -0.3 is 14.3 Å². The van der Waals surface area contributed by atoms with Crippen molar-refractivity contribution >= 4 is 5.97 Å². The van der Waals surface area contributed by atoms with E-state index in [1.165, 1.54) is 19.1 Å². The maximum Gasteiger partial charge on any atom is 0.333 e. The Labute approximate surface area is 131 Å². The molecule has 0 aliphatic heterocycles. The van der Waals surface area contributed by atoms with Gasteiger partial charge in [-0.25, -0.2) is 4.79 Å². The predicted octanol–water partition coefficient (Wildman–Crippen LogP) is 4.30. The van der Waals surface area contributed by atoms with E-state index in [2.05, 4.69) is 13.8 Å². The zero-order chi connectivity index (χ0) is 16.2. The standard InChI is InChI=1S/C14H14O4.C4H10/c15-14(16)13(9-11-5-2-1-3-6-11)18-10-12-7-4-8-17-12;1-3-4-2/h1-8,13H,9-10H2,(H,15,16);3-4H2,1-2H3/t13-;/m0./s1. The van der Waals surface area contributed by atoms with Gasteiger partial charge in [0.15, 0.2) is 6.10 Å². The third kappa shape index (κ3) is 7.09. The molecule has 0 radical (unpaired) electrons. The van der Waals surface area contributed by atoms with Gasteiger partial charge in [0.05, 0.1) is 6.26 Å². The zero-order valence-electron chi connectivity index (χ0n) is 13.2. The average molecular weight is 304 g/mol. The van der Waals surface area contributed by atoms with E-state index < -0.39 is 12.1 Å². The van der Waals surface area contributed by atoms with Crippen LogP contribution >= 0.6 is 0 Å². The van der Waals surface area contributed by atoms with Crippen molar-refractivity contribution < 1.29 is 19.1 Å². The molecule has 1 heterocycles. The molecule has 2 aromatic rings. The lowest BCUT2D eigenvalue weighted by atomic mass is 10.1. The first-order valence-corrected chi connectivity index (χ1v) is 7.58. The molecule has 2 rings (SSSR count). The highest BCUT2D eigenvalue weighted by Crippen LogP contribution is 2.10. The van der Waals surface area contributed by atoms with Gasteiger partial charge in [0.1, 0.15) is 12.4 Å². The second kappa shape index (κ2) is 10.6. The Kier molecular flexibility index (Phi) is 8.69. The highest BCUT2D eigenvalue weighted by atomic mass is 16.5. The minimum Gasteiger partial charge on any atom is -0.479 e. The van der Waals surface area contributed by atoms with Crippen molar-refractivity contribution in [3.63, 3.8) is 0 Å². The third-order valence-corrected chi connectivity index (χ3v) is 3.05. The lowest BCUT2D eigenvalue weighted by Crippen LogP contribution is -2.26. The number of ether oxygens (including phenoxy) is 1. The molecular formula is C18H24O4. The van der Waals surface area contributed by atoms with Crippen LogP contribution in [0.15, 0.2) is 53.1 Å². The summed E-state index contributed by atoms with van der Waals surface area (Å²) in [6, 6.07) is 12.9. The number of aliphatic carboxylic acids is 1. The van der Waals surface area contributed by atoms with Crippen molar-refractivity contribution in [3.8, 4) is 0 Å². The van der Waals surface area contributed by atoms with Crippen molar-refractivity contribution in [2.45, 2.75) is 45.8 Å². The predicted molar refractivity (Wildman–Crippen MR) is 85.6 cm³/mol. The summed E-state index contributed by atoms with van der Waals surface area (Å²) in [5.41, 5.74) is 0.935. The monoisotopic (exact) mass is 304 g/mol. The summed E-state index contributed by atoms with van der Waals surface area (Å²) in [6.07, 6.45) is 3.65. The number of carboxylic acids is 1. The summed E-state index contributed by atoms with van der Waals surface area (Å²) in [6.45, 7) is 4.52. The van der Waals surface area contributed by atoms with Crippen LogP contribution in [0.5, 0.6) is 0 Å². The summed E-state index contributed by atoms with van der Waals surface area (Å²) in [7, 11) is 0. The molecule has 0 unspecified atom stereocenters. The van der Waals surface area contributed by atoms with Crippen LogP contribution < -0.4 is 0 Å². The van der Waals surface area contributed by atoms with E-state index in [0.717, 1.165) is 5.56 Å². The molecule has 0 bridgehead atoms. The number of hydrogen-bond donors (Lipinski definition) is 1. The molecule has 0 amide bonds. The van der Waals surface area contributed by atoms with E-state index in [9.17, 15) is 4.79 Å². The summed E-state index contributed by atoms with van der Waals surface area (Å²) in [5.74, 6) is -0.347. The van der Waals surface area contributed by atoms with E-state index in [4.69, 9.17) is 14.3 Å². The van der Waals surface area contributed by atoms with E-state index in [0.29, 0.717) is 12.2 Å². The smallest absolute Gasteiger partial charge is 0.333 e. The van der Waals surface area contributed by atoms with Crippen molar-refractivity contribution in [1.29, 1.82) is 0 Å². The van der Waals surface area contributed by atoms with Crippen LogP contribution in [0.1, 0.15) is 38.0 Å². The van der Waals surface area contributed by atoms with Gasteiger partial charge in [-0.15, -0.1) is 0 Å². The molecule has 1 atom stereocenters. The molecule has 22 heavy (non-hydrogen) atoms. The van der Waals surface area contributed by atoms with Crippen LogP contribution in [0.2, 0.25) is 0 Å². The Morgan fingerprint density at radius 3 is 2.32 bits per heavy atom.